The van der Waals surface area contributed by atoms with Crippen molar-refractivity contribution in [3.05, 3.63) is 28.1 Å². The number of nitro benzene ring substituents is 1. The van der Waals surface area contributed by atoms with Crippen LogP contribution in [0.5, 0.6) is 5.75 Å². The molecule has 1 aromatic rings. The first kappa shape index (κ1) is 14.1. The average molecular weight is 295 g/mol. The lowest BCUT2D eigenvalue weighted by molar-refractivity contribution is -0.385. The zero-order valence-electron chi connectivity index (χ0n) is 11.9. The van der Waals surface area contributed by atoms with Gasteiger partial charge in [-0.1, -0.05) is 0 Å². The van der Waals surface area contributed by atoms with Gasteiger partial charge >= 0.3 is 5.69 Å². The molecule has 0 saturated carbocycles. The fourth-order valence-electron chi connectivity index (χ4n) is 3.37. The molecule has 2 saturated heterocycles. The number of nitro groups is 1. The molecule has 1 unspecified atom stereocenters. The van der Waals surface area contributed by atoms with E-state index in [9.17, 15) is 14.5 Å². The minimum absolute atomic E-state index is 0.0990. The van der Waals surface area contributed by atoms with Crippen LogP contribution >= 0.6 is 0 Å². The summed E-state index contributed by atoms with van der Waals surface area (Å²) < 4.78 is 19.3. The molecule has 7 heteroatoms. The molecule has 2 fully saturated rings. The number of hydrogen-bond donors (Lipinski definition) is 1. The lowest BCUT2D eigenvalue weighted by Gasteiger charge is -2.24. The Kier molecular flexibility index (Phi) is 3.44. The lowest BCUT2D eigenvalue weighted by Crippen LogP contribution is -2.29. The predicted octanol–water partition coefficient (Wildman–Crippen LogP) is 1.93. The average Bonchev–Trinajstić information content (AvgIpc) is 3.09. The van der Waals surface area contributed by atoms with Crippen molar-refractivity contribution in [1.82, 2.24) is 5.32 Å². The Bertz CT molecular complexity index is 573. The highest BCUT2D eigenvalue weighted by Crippen LogP contribution is 2.41. The summed E-state index contributed by atoms with van der Waals surface area (Å²) in [6.07, 6.45) is 2.11. The maximum Gasteiger partial charge on any atom is 0.313 e. The van der Waals surface area contributed by atoms with Crippen molar-refractivity contribution in [2.45, 2.75) is 12.8 Å². The van der Waals surface area contributed by atoms with Crippen molar-refractivity contribution in [2.24, 2.45) is 5.41 Å². The van der Waals surface area contributed by atoms with E-state index in [1.165, 1.54) is 13.2 Å². The van der Waals surface area contributed by atoms with Crippen molar-refractivity contribution < 1.29 is 14.1 Å². The number of nitrogens with one attached hydrogen (secondary N) is 1. The van der Waals surface area contributed by atoms with Gasteiger partial charge in [-0.15, -0.1) is 0 Å². The Hall–Kier alpha value is -1.89. The van der Waals surface area contributed by atoms with Gasteiger partial charge < -0.3 is 15.0 Å². The van der Waals surface area contributed by atoms with Gasteiger partial charge in [0.25, 0.3) is 0 Å². The highest BCUT2D eigenvalue weighted by atomic mass is 19.1. The maximum atomic E-state index is 14.2. The number of hydrogen-bond acceptors (Lipinski definition) is 5. The Balaban J connectivity index is 1.90. The molecule has 1 atom stereocenters. The number of nitrogens with zero attached hydrogens (tertiary/aromatic N) is 2. The molecule has 2 aliphatic heterocycles. The molecule has 6 nitrogen and oxygen atoms in total. The van der Waals surface area contributed by atoms with Crippen LogP contribution in [-0.2, 0) is 0 Å². The van der Waals surface area contributed by atoms with Crippen molar-refractivity contribution in [3.8, 4) is 5.75 Å². The number of benzene rings is 1. The van der Waals surface area contributed by atoms with E-state index >= 15 is 0 Å². The molecule has 2 aliphatic rings. The third-order valence-corrected chi connectivity index (χ3v) is 4.56. The number of halogens is 1. The highest BCUT2D eigenvalue weighted by Gasteiger charge is 2.41. The van der Waals surface area contributed by atoms with Crippen LogP contribution in [0.4, 0.5) is 15.8 Å². The van der Waals surface area contributed by atoms with Crippen LogP contribution in [0.15, 0.2) is 12.1 Å². The van der Waals surface area contributed by atoms with Gasteiger partial charge in [0.15, 0.2) is 11.6 Å². The van der Waals surface area contributed by atoms with Crippen molar-refractivity contribution in [1.29, 1.82) is 0 Å². The number of rotatable bonds is 3. The molecule has 114 valence electrons. The maximum absolute atomic E-state index is 14.2. The second-order valence-corrected chi connectivity index (χ2v) is 5.83. The Morgan fingerprint density at radius 1 is 1.48 bits per heavy atom. The van der Waals surface area contributed by atoms with Crippen LogP contribution in [0.1, 0.15) is 12.8 Å². The first-order chi connectivity index (χ1) is 10.0. The summed E-state index contributed by atoms with van der Waals surface area (Å²) in [6, 6.07) is 2.39. The first-order valence-electron chi connectivity index (χ1n) is 7.02. The molecule has 1 spiro atoms. The third-order valence-electron chi connectivity index (χ3n) is 4.56. The summed E-state index contributed by atoms with van der Waals surface area (Å²) in [5, 5.41) is 14.3. The molecule has 0 amide bonds. The fourth-order valence-corrected chi connectivity index (χ4v) is 3.37. The van der Waals surface area contributed by atoms with Gasteiger partial charge in [-0.05, 0) is 19.4 Å². The largest absolute Gasteiger partial charge is 0.490 e. The van der Waals surface area contributed by atoms with E-state index in [2.05, 4.69) is 5.32 Å². The van der Waals surface area contributed by atoms with Crippen LogP contribution in [0.25, 0.3) is 0 Å². The smallest absolute Gasteiger partial charge is 0.313 e. The minimum Gasteiger partial charge on any atom is -0.490 e. The summed E-state index contributed by atoms with van der Waals surface area (Å²) in [5.41, 5.74) is 0.262. The normalized spacial score (nSPS) is 24.8. The van der Waals surface area contributed by atoms with Crippen molar-refractivity contribution in [2.75, 3.05) is 38.2 Å². The molecule has 1 N–H and O–H groups in total. The zero-order valence-corrected chi connectivity index (χ0v) is 11.9. The highest BCUT2D eigenvalue weighted by molar-refractivity contribution is 5.61. The molecular formula is C14H18FN3O3. The molecule has 3 rings (SSSR count). The van der Waals surface area contributed by atoms with E-state index in [0.29, 0.717) is 5.69 Å². The summed E-state index contributed by atoms with van der Waals surface area (Å²) in [7, 11) is 1.36. The summed E-state index contributed by atoms with van der Waals surface area (Å²) in [6.45, 7) is 3.49. The topological polar surface area (TPSA) is 67.6 Å². The molecule has 0 bridgehead atoms. The van der Waals surface area contributed by atoms with Gasteiger partial charge in [0, 0.05) is 31.1 Å². The summed E-state index contributed by atoms with van der Waals surface area (Å²) in [5.74, 6) is -0.465. The van der Waals surface area contributed by atoms with Gasteiger partial charge in [0.1, 0.15) is 0 Å². The van der Waals surface area contributed by atoms with Crippen molar-refractivity contribution in [3.63, 3.8) is 0 Å². The van der Waals surface area contributed by atoms with E-state index in [-0.39, 0.29) is 16.9 Å². The predicted molar refractivity (Wildman–Crippen MR) is 76.4 cm³/mol. The van der Waals surface area contributed by atoms with E-state index in [0.717, 1.165) is 45.1 Å². The molecule has 0 radical (unpaired) electrons. The van der Waals surface area contributed by atoms with Gasteiger partial charge in [-0.3, -0.25) is 10.1 Å². The van der Waals surface area contributed by atoms with Crippen LogP contribution in [0.3, 0.4) is 0 Å². The summed E-state index contributed by atoms with van der Waals surface area (Å²) in [4.78, 5) is 12.2. The molecular weight excluding hydrogens is 277 g/mol. The fraction of sp³-hybridized carbons (Fsp3) is 0.571. The van der Waals surface area contributed by atoms with E-state index in [4.69, 9.17) is 4.74 Å². The Morgan fingerprint density at radius 2 is 2.29 bits per heavy atom. The second kappa shape index (κ2) is 5.14. The molecule has 0 aromatic heterocycles. The van der Waals surface area contributed by atoms with Gasteiger partial charge in [0.05, 0.1) is 23.8 Å². The molecule has 21 heavy (non-hydrogen) atoms. The number of anilines is 1. The Morgan fingerprint density at radius 3 is 2.90 bits per heavy atom. The summed E-state index contributed by atoms with van der Waals surface area (Å²) >= 11 is 0. The minimum atomic E-state index is -0.627. The van der Waals surface area contributed by atoms with E-state index < -0.39 is 10.7 Å². The van der Waals surface area contributed by atoms with Crippen LogP contribution in [-0.4, -0.2) is 38.2 Å². The van der Waals surface area contributed by atoms with Crippen LogP contribution in [0.2, 0.25) is 0 Å². The molecule has 1 aromatic carbocycles. The van der Waals surface area contributed by atoms with E-state index in [1.807, 2.05) is 4.90 Å². The zero-order chi connectivity index (χ0) is 15.0. The number of ether oxygens (including phenoxy) is 1. The monoisotopic (exact) mass is 295 g/mol. The quantitative estimate of drug-likeness (QED) is 0.682. The third kappa shape index (κ3) is 2.42. The number of methoxy groups -OCH3 is 1. The van der Waals surface area contributed by atoms with Crippen molar-refractivity contribution >= 4 is 11.4 Å². The molecule has 2 heterocycles. The Labute approximate surface area is 122 Å². The van der Waals surface area contributed by atoms with E-state index in [1.54, 1.807) is 0 Å². The SMILES string of the molecule is COc1cc(N2CCC3(CCNC3)C2)c(F)cc1[N+](=O)[O-]. The van der Waals surface area contributed by atoms with Crippen LogP contribution in [0, 0.1) is 21.3 Å². The first-order valence-corrected chi connectivity index (χ1v) is 7.02. The lowest BCUT2D eigenvalue weighted by atomic mass is 9.86. The van der Waals surface area contributed by atoms with Gasteiger partial charge in [0.2, 0.25) is 0 Å². The van der Waals surface area contributed by atoms with Gasteiger partial charge in [-0.2, -0.15) is 0 Å². The standard InChI is InChI=1S/C14H18FN3O3/c1-21-13-7-11(10(15)6-12(13)18(19)20)17-5-3-14(9-17)2-4-16-8-14/h6-7,16H,2-5,8-9H2,1H3. The van der Waals surface area contributed by atoms with Crippen LogP contribution < -0.4 is 15.0 Å². The van der Waals surface area contributed by atoms with Gasteiger partial charge in [-0.25, -0.2) is 4.39 Å². The molecule has 0 aliphatic carbocycles. The second-order valence-electron chi connectivity index (χ2n) is 5.83.